The number of ketones is 1. The summed E-state index contributed by atoms with van der Waals surface area (Å²) in [6.45, 7) is 3.93. The fraction of sp³-hybridized carbons (Fsp3) is 0.259. The van der Waals surface area contributed by atoms with E-state index in [1.54, 1.807) is 0 Å². The van der Waals surface area contributed by atoms with Crippen molar-refractivity contribution in [2.45, 2.75) is 26.2 Å². The van der Waals surface area contributed by atoms with Crippen LogP contribution in [0.25, 0.3) is 10.8 Å². The van der Waals surface area contributed by atoms with Gasteiger partial charge in [0.05, 0.1) is 7.11 Å². The number of carbonyl (C=O) groups excluding carboxylic acids is 2. The van der Waals surface area contributed by atoms with Crippen LogP contribution >= 0.6 is 0 Å². The molecule has 0 aromatic heterocycles. The predicted octanol–water partition coefficient (Wildman–Crippen LogP) is 5.44. The van der Waals surface area contributed by atoms with Gasteiger partial charge in [-0.2, -0.15) is 0 Å². The molecule has 156 valence electrons. The molecule has 0 bridgehead atoms. The molecule has 0 saturated heterocycles. The minimum Gasteiger partial charge on any atom is -0.468 e. The van der Waals surface area contributed by atoms with Crippen LogP contribution in [-0.2, 0) is 14.3 Å². The van der Waals surface area contributed by atoms with Gasteiger partial charge < -0.3 is 10.1 Å². The summed E-state index contributed by atoms with van der Waals surface area (Å²) in [5, 5.41) is 5.74. The number of allylic oxidation sites excluding steroid dienone is 1. The lowest BCUT2D eigenvalue weighted by molar-refractivity contribution is -0.148. The van der Waals surface area contributed by atoms with E-state index in [1.165, 1.54) is 7.11 Å². The van der Waals surface area contributed by atoms with E-state index in [9.17, 15) is 9.59 Å². The molecule has 2 aliphatic rings. The molecule has 1 aliphatic heterocycles. The van der Waals surface area contributed by atoms with Gasteiger partial charge in [0.1, 0.15) is 5.92 Å². The fourth-order valence-electron chi connectivity index (χ4n) is 5.30. The maximum atomic E-state index is 13.6. The van der Waals surface area contributed by atoms with Gasteiger partial charge in [0.2, 0.25) is 0 Å². The minimum absolute atomic E-state index is 0.0834. The molecule has 0 amide bonds. The highest BCUT2D eigenvalue weighted by molar-refractivity contribution is 6.06. The molecule has 2 atom stereocenters. The van der Waals surface area contributed by atoms with E-state index in [1.807, 2.05) is 44.2 Å². The van der Waals surface area contributed by atoms with E-state index in [0.717, 1.165) is 27.6 Å². The van der Waals surface area contributed by atoms with Crippen LogP contribution in [0.2, 0.25) is 0 Å². The van der Waals surface area contributed by atoms with Crippen LogP contribution in [0.15, 0.2) is 78.0 Å². The van der Waals surface area contributed by atoms with Crippen LogP contribution in [-0.4, -0.2) is 18.9 Å². The van der Waals surface area contributed by atoms with Crippen molar-refractivity contribution < 1.29 is 14.3 Å². The van der Waals surface area contributed by atoms with Crippen molar-refractivity contribution in [3.63, 3.8) is 0 Å². The standard InChI is InChI=1S/C27H25NO3/c1-27(2)15-20(29)23-21(17-10-5-4-6-11-17)22-18-12-8-7-9-16(18)13-14-19(22)28-25(23)24(27)26(30)31-3/h4-14,21,24,28H,15H2,1-3H3. The summed E-state index contributed by atoms with van der Waals surface area (Å²) in [4.78, 5) is 26.5. The molecule has 31 heavy (non-hydrogen) atoms. The lowest BCUT2D eigenvalue weighted by atomic mass is 9.63. The molecule has 5 rings (SSSR count). The molecule has 0 saturated carbocycles. The molecule has 0 fully saturated rings. The number of hydrogen-bond acceptors (Lipinski definition) is 4. The first-order valence-corrected chi connectivity index (χ1v) is 10.6. The molecule has 4 heteroatoms. The van der Waals surface area contributed by atoms with Crippen LogP contribution in [0.3, 0.4) is 0 Å². The van der Waals surface area contributed by atoms with Gasteiger partial charge in [-0.05, 0) is 33.4 Å². The van der Waals surface area contributed by atoms with E-state index in [0.29, 0.717) is 17.7 Å². The number of Topliss-reactive ketones (excluding diaryl/α,β-unsaturated/α-hetero) is 1. The zero-order valence-electron chi connectivity index (χ0n) is 17.9. The highest BCUT2D eigenvalue weighted by Gasteiger charge is 2.50. The molecule has 3 aromatic carbocycles. The average molecular weight is 412 g/mol. The van der Waals surface area contributed by atoms with Crippen molar-refractivity contribution in [1.29, 1.82) is 0 Å². The minimum atomic E-state index is -0.536. The second-order valence-electron chi connectivity index (χ2n) is 9.09. The molecule has 1 aliphatic carbocycles. The zero-order chi connectivity index (χ0) is 21.8. The normalized spacial score (nSPS) is 21.8. The van der Waals surface area contributed by atoms with Gasteiger partial charge in [0.15, 0.2) is 5.78 Å². The third-order valence-electron chi connectivity index (χ3n) is 6.66. The van der Waals surface area contributed by atoms with Gasteiger partial charge in [0, 0.05) is 29.3 Å². The first kappa shape index (κ1) is 19.6. The molecule has 0 radical (unpaired) electrons. The molecular formula is C27H25NO3. The quantitative estimate of drug-likeness (QED) is 0.571. The highest BCUT2D eigenvalue weighted by Crippen LogP contribution is 2.53. The van der Waals surface area contributed by atoms with Crippen LogP contribution in [0.1, 0.15) is 37.3 Å². The van der Waals surface area contributed by atoms with E-state index in [-0.39, 0.29) is 17.7 Å². The number of hydrogen-bond donors (Lipinski definition) is 1. The number of rotatable bonds is 2. The molecule has 3 aromatic rings. The molecule has 0 spiro atoms. The Balaban J connectivity index is 1.85. The monoisotopic (exact) mass is 411 g/mol. The Morgan fingerprint density at radius 3 is 2.45 bits per heavy atom. The van der Waals surface area contributed by atoms with Gasteiger partial charge in [-0.25, -0.2) is 0 Å². The largest absolute Gasteiger partial charge is 0.468 e. The van der Waals surface area contributed by atoms with Gasteiger partial charge in [-0.15, -0.1) is 0 Å². The average Bonchev–Trinajstić information content (AvgIpc) is 2.77. The molecule has 4 nitrogen and oxygen atoms in total. The SMILES string of the molecule is COC(=O)C1C2=C(C(=O)CC1(C)C)C(c1ccccc1)c1c(ccc3ccccc13)N2. The van der Waals surface area contributed by atoms with Crippen molar-refractivity contribution in [2.75, 3.05) is 12.4 Å². The third-order valence-corrected chi connectivity index (χ3v) is 6.66. The van der Waals surface area contributed by atoms with Crippen LogP contribution in [0, 0.1) is 11.3 Å². The van der Waals surface area contributed by atoms with Crippen molar-refractivity contribution in [1.82, 2.24) is 0 Å². The van der Waals surface area contributed by atoms with Gasteiger partial charge in [0.25, 0.3) is 0 Å². The highest BCUT2D eigenvalue weighted by atomic mass is 16.5. The second kappa shape index (κ2) is 7.09. The summed E-state index contributed by atoms with van der Waals surface area (Å²) in [5.41, 5.74) is 3.90. The lowest BCUT2D eigenvalue weighted by Crippen LogP contribution is -2.44. The maximum Gasteiger partial charge on any atom is 0.315 e. The van der Waals surface area contributed by atoms with Crippen LogP contribution in [0.4, 0.5) is 5.69 Å². The second-order valence-corrected chi connectivity index (χ2v) is 9.09. The van der Waals surface area contributed by atoms with Crippen LogP contribution < -0.4 is 5.32 Å². The van der Waals surface area contributed by atoms with Gasteiger partial charge in [-0.1, -0.05) is 74.5 Å². The maximum absolute atomic E-state index is 13.6. The van der Waals surface area contributed by atoms with E-state index in [2.05, 4.69) is 41.7 Å². The van der Waals surface area contributed by atoms with Crippen molar-refractivity contribution in [3.05, 3.63) is 89.1 Å². The number of fused-ring (bicyclic) bond motifs is 3. The summed E-state index contributed by atoms with van der Waals surface area (Å²) < 4.78 is 5.18. The van der Waals surface area contributed by atoms with Crippen molar-refractivity contribution in [3.8, 4) is 0 Å². The number of carbonyl (C=O) groups is 2. The predicted molar refractivity (Wildman–Crippen MR) is 122 cm³/mol. The summed E-state index contributed by atoms with van der Waals surface area (Å²) in [6, 6.07) is 22.5. The first-order chi connectivity index (χ1) is 14.9. The molecule has 2 unspecified atom stereocenters. The lowest BCUT2D eigenvalue weighted by Gasteiger charge is -2.44. The Labute approximate surface area is 181 Å². The van der Waals surface area contributed by atoms with Gasteiger partial charge in [-0.3, -0.25) is 9.59 Å². The number of esters is 1. The van der Waals surface area contributed by atoms with Gasteiger partial charge >= 0.3 is 5.97 Å². The molecular weight excluding hydrogens is 386 g/mol. The Morgan fingerprint density at radius 1 is 1.00 bits per heavy atom. The Morgan fingerprint density at radius 2 is 1.71 bits per heavy atom. The van der Waals surface area contributed by atoms with E-state index < -0.39 is 11.3 Å². The fourth-order valence-corrected chi connectivity index (χ4v) is 5.30. The van der Waals surface area contributed by atoms with Crippen molar-refractivity contribution >= 4 is 28.2 Å². The number of ether oxygens (including phenoxy) is 1. The third kappa shape index (κ3) is 2.97. The number of benzene rings is 3. The van der Waals surface area contributed by atoms with E-state index in [4.69, 9.17) is 4.74 Å². The van der Waals surface area contributed by atoms with Crippen LogP contribution in [0.5, 0.6) is 0 Å². The zero-order valence-corrected chi connectivity index (χ0v) is 17.9. The van der Waals surface area contributed by atoms with E-state index >= 15 is 0 Å². The summed E-state index contributed by atoms with van der Waals surface area (Å²) >= 11 is 0. The number of nitrogens with one attached hydrogen (secondary N) is 1. The molecule has 1 N–H and O–H groups in total. The Bertz CT molecular complexity index is 1240. The van der Waals surface area contributed by atoms with Crippen molar-refractivity contribution in [2.24, 2.45) is 11.3 Å². The topological polar surface area (TPSA) is 55.4 Å². The number of anilines is 1. The molecule has 1 heterocycles. The Kier molecular flexibility index (Phi) is 4.47. The smallest absolute Gasteiger partial charge is 0.315 e. The summed E-state index contributed by atoms with van der Waals surface area (Å²) in [5.74, 6) is -1.00. The summed E-state index contributed by atoms with van der Waals surface area (Å²) in [7, 11) is 1.41. The summed E-state index contributed by atoms with van der Waals surface area (Å²) in [6.07, 6.45) is 0.302. The number of methoxy groups -OCH3 is 1. The Hall–Kier alpha value is -3.40. The first-order valence-electron chi connectivity index (χ1n) is 10.6.